The summed E-state index contributed by atoms with van der Waals surface area (Å²) in [7, 11) is 1.64. The molecule has 0 bridgehead atoms. The summed E-state index contributed by atoms with van der Waals surface area (Å²) in [5, 5.41) is 4.20. The Kier molecular flexibility index (Phi) is 6.41. The standard InChI is InChI=1S/C19H26N2O3/c1-5-10-21(19(22)11-14(2)3)13-15-12-17(20-24-15)16-8-6-7-9-18(16)23-4/h5-9,14-15H,1,10-13H2,2-4H3. The average molecular weight is 330 g/mol. The van der Waals surface area contributed by atoms with Crippen molar-refractivity contribution in [3.63, 3.8) is 0 Å². The first kappa shape index (κ1) is 18.0. The summed E-state index contributed by atoms with van der Waals surface area (Å²) >= 11 is 0. The van der Waals surface area contributed by atoms with E-state index in [4.69, 9.17) is 9.57 Å². The van der Waals surface area contributed by atoms with Crippen LogP contribution in [0.3, 0.4) is 0 Å². The van der Waals surface area contributed by atoms with Crippen molar-refractivity contribution in [1.29, 1.82) is 0 Å². The molecule has 0 aliphatic carbocycles. The fraction of sp³-hybridized carbons (Fsp3) is 0.474. The van der Waals surface area contributed by atoms with E-state index < -0.39 is 0 Å². The van der Waals surface area contributed by atoms with Gasteiger partial charge in [0.1, 0.15) is 5.75 Å². The Morgan fingerprint density at radius 2 is 2.25 bits per heavy atom. The van der Waals surface area contributed by atoms with Gasteiger partial charge in [0.15, 0.2) is 6.10 Å². The monoisotopic (exact) mass is 330 g/mol. The molecule has 130 valence electrons. The number of para-hydroxylation sites is 1. The first-order valence-corrected chi connectivity index (χ1v) is 8.29. The molecule has 1 aromatic rings. The van der Waals surface area contributed by atoms with Gasteiger partial charge in [-0.1, -0.05) is 37.2 Å². The molecule has 5 nitrogen and oxygen atoms in total. The number of rotatable bonds is 8. The molecule has 0 saturated carbocycles. The van der Waals surface area contributed by atoms with Crippen molar-refractivity contribution in [2.75, 3.05) is 20.2 Å². The van der Waals surface area contributed by atoms with Gasteiger partial charge in [-0.25, -0.2) is 0 Å². The van der Waals surface area contributed by atoms with Gasteiger partial charge in [-0.05, 0) is 18.1 Å². The van der Waals surface area contributed by atoms with Gasteiger partial charge in [0.25, 0.3) is 0 Å². The fourth-order valence-electron chi connectivity index (χ4n) is 2.73. The van der Waals surface area contributed by atoms with Crippen molar-refractivity contribution < 1.29 is 14.4 Å². The Morgan fingerprint density at radius 3 is 2.92 bits per heavy atom. The second kappa shape index (κ2) is 8.52. The largest absolute Gasteiger partial charge is 0.496 e. The number of methoxy groups -OCH3 is 1. The van der Waals surface area contributed by atoms with Crippen molar-refractivity contribution in [1.82, 2.24) is 4.90 Å². The molecule has 1 unspecified atom stereocenters. The summed E-state index contributed by atoms with van der Waals surface area (Å²) in [6.07, 6.45) is 2.79. The van der Waals surface area contributed by atoms with Crippen molar-refractivity contribution in [2.45, 2.75) is 32.8 Å². The molecule has 24 heavy (non-hydrogen) atoms. The first-order chi connectivity index (χ1) is 11.5. The van der Waals surface area contributed by atoms with E-state index in [2.05, 4.69) is 11.7 Å². The Balaban J connectivity index is 2.00. The van der Waals surface area contributed by atoms with Crippen molar-refractivity contribution >= 4 is 11.6 Å². The number of hydrogen-bond donors (Lipinski definition) is 0. The summed E-state index contributed by atoms with van der Waals surface area (Å²) in [5.41, 5.74) is 1.79. The molecule has 0 saturated heterocycles. The topological polar surface area (TPSA) is 51.1 Å². The highest BCUT2D eigenvalue weighted by Crippen LogP contribution is 2.25. The van der Waals surface area contributed by atoms with Crippen LogP contribution in [0.5, 0.6) is 5.75 Å². The quantitative estimate of drug-likeness (QED) is 0.688. The Hall–Kier alpha value is -2.30. The number of amides is 1. The molecule has 1 amide bonds. The van der Waals surface area contributed by atoms with E-state index in [9.17, 15) is 4.79 Å². The minimum Gasteiger partial charge on any atom is -0.496 e. The summed E-state index contributed by atoms with van der Waals surface area (Å²) in [6, 6.07) is 7.74. The molecule has 2 rings (SSSR count). The summed E-state index contributed by atoms with van der Waals surface area (Å²) in [6.45, 7) is 8.86. The number of hydrogen-bond acceptors (Lipinski definition) is 4. The van der Waals surface area contributed by atoms with Crippen LogP contribution in [0.2, 0.25) is 0 Å². The van der Waals surface area contributed by atoms with Gasteiger partial charge in [-0.15, -0.1) is 6.58 Å². The lowest BCUT2D eigenvalue weighted by atomic mass is 10.0. The van der Waals surface area contributed by atoms with E-state index in [1.165, 1.54) is 0 Å². The van der Waals surface area contributed by atoms with Crippen LogP contribution in [-0.4, -0.2) is 42.8 Å². The van der Waals surface area contributed by atoms with Crippen LogP contribution in [0.1, 0.15) is 32.3 Å². The molecule has 0 fully saturated rings. The number of benzene rings is 1. The van der Waals surface area contributed by atoms with E-state index in [0.717, 1.165) is 17.0 Å². The predicted octanol–water partition coefficient (Wildman–Crippen LogP) is 3.25. The van der Waals surface area contributed by atoms with Crippen molar-refractivity contribution in [2.24, 2.45) is 11.1 Å². The zero-order chi connectivity index (χ0) is 17.5. The Bertz CT molecular complexity index is 610. The van der Waals surface area contributed by atoms with Gasteiger partial charge in [0.05, 0.1) is 19.4 Å². The third kappa shape index (κ3) is 4.60. The minimum absolute atomic E-state index is 0.124. The lowest BCUT2D eigenvalue weighted by Gasteiger charge is -2.24. The van der Waals surface area contributed by atoms with Gasteiger partial charge in [-0.3, -0.25) is 4.79 Å². The highest BCUT2D eigenvalue weighted by atomic mass is 16.6. The van der Waals surface area contributed by atoms with Crippen LogP contribution in [0.15, 0.2) is 42.1 Å². The second-order valence-electron chi connectivity index (χ2n) is 6.36. The molecule has 1 aliphatic rings. The smallest absolute Gasteiger partial charge is 0.223 e. The van der Waals surface area contributed by atoms with Crippen LogP contribution < -0.4 is 4.74 Å². The molecule has 1 atom stereocenters. The highest BCUT2D eigenvalue weighted by molar-refractivity contribution is 6.03. The number of nitrogens with zero attached hydrogens (tertiary/aromatic N) is 2. The third-order valence-electron chi connectivity index (χ3n) is 3.86. The van der Waals surface area contributed by atoms with Crippen LogP contribution in [-0.2, 0) is 9.63 Å². The van der Waals surface area contributed by atoms with E-state index in [1.807, 2.05) is 38.1 Å². The normalized spacial score (nSPS) is 16.5. The lowest BCUT2D eigenvalue weighted by molar-refractivity contribution is -0.133. The average Bonchev–Trinajstić information content (AvgIpc) is 3.02. The predicted molar refractivity (Wildman–Crippen MR) is 95.3 cm³/mol. The molecule has 0 N–H and O–H groups in total. The zero-order valence-corrected chi connectivity index (χ0v) is 14.7. The van der Waals surface area contributed by atoms with E-state index >= 15 is 0 Å². The van der Waals surface area contributed by atoms with Crippen LogP contribution in [0.4, 0.5) is 0 Å². The van der Waals surface area contributed by atoms with Crippen LogP contribution in [0, 0.1) is 5.92 Å². The number of carbonyl (C=O) groups is 1. The first-order valence-electron chi connectivity index (χ1n) is 8.29. The van der Waals surface area contributed by atoms with E-state index in [-0.39, 0.29) is 12.0 Å². The maximum absolute atomic E-state index is 12.3. The Morgan fingerprint density at radius 1 is 1.50 bits per heavy atom. The van der Waals surface area contributed by atoms with E-state index in [1.54, 1.807) is 18.1 Å². The zero-order valence-electron chi connectivity index (χ0n) is 14.7. The molecular formula is C19H26N2O3. The molecule has 1 aromatic carbocycles. The van der Waals surface area contributed by atoms with Crippen molar-refractivity contribution in [3.05, 3.63) is 42.5 Å². The SMILES string of the molecule is C=CCN(CC1CC(c2ccccc2OC)=NO1)C(=O)CC(C)C. The summed E-state index contributed by atoms with van der Waals surface area (Å²) in [5.74, 6) is 1.23. The number of oxime groups is 1. The molecule has 1 heterocycles. The lowest BCUT2D eigenvalue weighted by Crippen LogP contribution is -2.38. The molecule has 1 aliphatic heterocycles. The van der Waals surface area contributed by atoms with Crippen LogP contribution >= 0.6 is 0 Å². The fourth-order valence-corrected chi connectivity index (χ4v) is 2.73. The maximum atomic E-state index is 12.3. The van der Waals surface area contributed by atoms with Gasteiger partial charge >= 0.3 is 0 Å². The molecular weight excluding hydrogens is 304 g/mol. The number of carbonyl (C=O) groups excluding carboxylic acids is 1. The summed E-state index contributed by atoms with van der Waals surface area (Å²) in [4.78, 5) is 19.7. The third-order valence-corrected chi connectivity index (χ3v) is 3.86. The van der Waals surface area contributed by atoms with Gasteiger partial charge in [0.2, 0.25) is 5.91 Å². The number of ether oxygens (including phenoxy) is 1. The van der Waals surface area contributed by atoms with Crippen molar-refractivity contribution in [3.8, 4) is 5.75 Å². The molecule has 0 radical (unpaired) electrons. The van der Waals surface area contributed by atoms with E-state index in [0.29, 0.717) is 31.8 Å². The van der Waals surface area contributed by atoms with Gasteiger partial charge < -0.3 is 14.5 Å². The van der Waals surface area contributed by atoms with Gasteiger partial charge in [0, 0.05) is 24.9 Å². The molecule has 5 heteroatoms. The highest BCUT2D eigenvalue weighted by Gasteiger charge is 2.27. The Labute approximate surface area is 143 Å². The maximum Gasteiger partial charge on any atom is 0.223 e. The van der Waals surface area contributed by atoms with Gasteiger partial charge in [-0.2, -0.15) is 0 Å². The molecule has 0 spiro atoms. The summed E-state index contributed by atoms with van der Waals surface area (Å²) < 4.78 is 5.38. The van der Waals surface area contributed by atoms with Crippen LogP contribution in [0.25, 0.3) is 0 Å². The molecule has 0 aromatic heterocycles. The minimum atomic E-state index is -0.138. The second-order valence-corrected chi connectivity index (χ2v) is 6.36.